The van der Waals surface area contributed by atoms with E-state index in [1.807, 2.05) is 0 Å². The normalized spacial score (nSPS) is 13.7. The van der Waals surface area contributed by atoms with Gasteiger partial charge in [-0.1, -0.05) is 32.9 Å². The second kappa shape index (κ2) is 6.32. The summed E-state index contributed by atoms with van der Waals surface area (Å²) in [6, 6.07) is 0. The lowest BCUT2D eigenvalue weighted by Crippen LogP contribution is -2.19. The lowest BCUT2D eigenvalue weighted by Gasteiger charge is -2.19. The van der Waals surface area contributed by atoms with E-state index < -0.39 is 0 Å². The second-order valence-electron chi connectivity index (χ2n) is 6.23. The maximum absolute atomic E-state index is 5.65. The molecule has 0 unspecified atom stereocenters. The number of hydrogen-bond donors (Lipinski definition) is 0. The Kier molecular flexibility index (Phi) is 6.19. The molecule has 0 rings (SSSR count). The molecule has 0 aromatic rings. The highest BCUT2D eigenvalue weighted by molar-refractivity contribution is 4.91. The topological polar surface area (TPSA) is 9.23 Å². The van der Waals surface area contributed by atoms with E-state index >= 15 is 0 Å². The van der Waals surface area contributed by atoms with Gasteiger partial charge in [-0.15, -0.1) is 0 Å². The Morgan fingerprint density at radius 2 is 1.53 bits per heavy atom. The van der Waals surface area contributed by atoms with E-state index in [4.69, 9.17) is 4.74 Å². The van der Waals surface area contributed by atoms with E-state index in [9.17, 15) is 0 Å². The first kappa shape index (κ1) is 14.7. The first-order valence-corrected chi connectivity index (χ1v) is 6.02. The summed E-state index contributed by atoms with van der Waals surface area (Å²) in [7, 11) is 0. The SMILES string of the molecule is CC(C)(C)/C=C\CCCCOC(C)(C)C. The highest BCUT2D eigenvalue weighted by atomic mass is 16.5. The number of allylic oxidation sites excluding steroid dienone is 2. The monoisotopic (exact) mass is 212 g/mol. The van der Waals surface area contributed by atoms with Gasteiger partial charge in [-0.05, 0) is 45.4 Å². The van der Waals surface area contributed by atoms with Crippen molar-refractivity contribution in [2.24, 2.45) is 5.41 Å². The van der Waals surface area contributed by atoms with Crippen LogP contribution in [0.3, 0.4) is 0 Å². The zero-order valence-electron chi connectivity index (χ0n) is 11.4. The molecule has 0 heterocycles. The van der Waals surface area contributed by atoms with Gasteiger partial charge in [-0.2, -0.15) is 0 Å². The van der Waals surface area contributed by atoms with Gasteiger partial charge in [-0.3, -0.25) is 0 Å². The zero-order valence-corrected chi connectivity index (χ0v) is 11.4. The number of ether oxygens (including phenoxy) is 1. The van der Waals surface area contributed by atoms with Crippen molar-refractivity contribution in [2.75, 3.05) is 6.61 Å². The quantitative estimate of drug-likeness (QED) is 0.479. The Hall–Kier alpha value is -0.300. The molecule has 0 aromatic heterocycles. The molecule has 0 amide bonds. The highest BCUT2D eigenvalue weighted by Gasteiger charge is 2.08. The Morgan fingerprint density at radius 3 is 2.00 bits per heavy atom. The third-order valence-electron chi connectivity index (χ3n) is 1.92. The first-order valence-electron chi connectivity index (χ1n) is 6.02. The molecule has 0 aliphatic heterocycles. The van der Waals surface area contributed by atoms with Gasteiger partial charge < -0.3 is 4.74 Å². The van der Waals surface area contributed by atoms with Crippen LogP contribution in [0.15, 0.2) is 12.2 Å². The minimum absolute atomic E-state index is 0.0151. The Morgan fingerprint density at radius 1 is 0.933 bits per heavy atom. The Balaban J connectivity index is 3.37. The van der Waals surface area contributed by atoms with Crippen molar-refractivity contribution >= 4 is 0 Å². The number of hydrogen-bond acceptors (Lipinski definition) is 1. The Labute approximate surface area is 95.9 Å². The van der Waals surface area contributed by atoms with Crippen LogP contribution in [0.4, 0.5) is 0 Å². The predicted molar refractivity (Wildman–Crippen MR) is 68.2 cm³/mol. The van der Waals surface area contributed by atoms with Crippen molar-refractivity contribution in [3.8, 4) is 0 Å². The van der Waals surface area contributed by atoms with Gasteiger partial charge in [-0.25, -0.2) is 0 Å². The van der Waals surface area contributed by atoms with Crippen molar-refractivity contribution in [1.29, 1.82) is 0 Å². The molecule has 0 bridgehead atoms. The van der Waals surface area contributed by atoms with Crippen molar-refractivity contribution in [2.45, 2.75) is 66.4 Å². The van der Waals surface area contributed by atoms with Gasteiger partial charge >= 0.3 is 0 Å². The van der Waals surface area contributed by atoms with Crippen LogP contribution in [0, 0.1) is 5.41 Å². The molecule has 0 aliphatic carbocycles. The fourth-order valence-corrected chi connectivity index (χ4v) is 1.18. The smallest absolute Gasteiger partial charge is 0.0598 e. The summed E-state index contributed by atoms with van der Waals surface area (Å²) in [4.78, 5) is 0. The number of rotatable bonds is 5. The molecule has 0 fully saturated rings. The summed E-state index contributed by atoms with van der Waals surface area (Å²) in [6.07, 6.45) is 8.13. The third-order valence-corrected chi connectivity index (χ3v) is 1.92. The van der Waals surface area contributed by atoms with Gasteiger partial charge in [0.1, 0.15) is 0 Å². The van der Waals surface area contributed by atoms with E-state index in [2.05, 4.69) is 53.7 Å². The van der Waals surface area contributed by atoms with E-state index in [0.717, 1.165) is 13.0 Å². The summed E-state index contributed by atoms with van der Waals surface area (Å²) >= 11 is 0. The van der Waals surface area contributed by atoms with Crippen LogP contribution < -0.4 is 0 Å². The van der Waals surface area contributed by atoms with Crippen molar-refractivity contribution in [1.82, 2.24) is 0 Å². The van der Waals surface area contributed by atoms with Gasteiger partial charge in [0, 0.05) is 6.61 Å². The predicted octanol–water partition coefficient (Wildman–Crippen LogP) is 4.57. The van der Waals surface area contributed by atoms with Crippen LogP contribution >= 0.6 is 0 Å². The summed E-state index contributed by atoms with van der Waals surface area (Å²) in [5.41, 5.74) is 0.336. The van der Waals surface area contributed by atoms with Gasteiger partial charge in [0.05, 0.1) is 5.60 Å². The van der Waals surface area contributed by atoms with Crippen molar-refractivity contribution < 1.29 is 4.74 Å². The molecule has 0 N–H and O–H groups in total. The molecule has 1 nitrogen and oxygen atoms in total. The highest BCUT2D eigenvalue weighted by Crippen LogP contribution is 2.15. The minimum atomic E-state index is 0.0151. The van der Waals surface area contributed by atoms with E-state index in [1.165, 1.54) is 12.8 Å². The molecule has 0 radical (unpaired) electrons. The number of unbranched alkanes of at least 4 members (excludes halogenated alkanes) is 2. The average molecular weight is 212 g/mol. The van der Waals surface area contributed by atoms with Crippen LogP contribution in [-0.4, -0.2) is 12.2 Å². The molecule has 0 atom stereocenters. The molecule has 90 valence electrons. The molecular formula is C14H28O. The molecule has 0 saturated carbocycles. The molecule has 0 aromatic carbocycles. The molecule has 0 spiro atoms. The molecule has 0 aliphatic rings. The maximum atomic E-state index is 5.65. The van der Waals surface area contributed by atoms with Crippen molar-refractivity contribution in [3.63, 3.8) is 0 Å². The van der Waals surface area contributed by atoms with E-state index in [1.54, 1.807) is 0 Å². The second-order valence-corrected chi connectivity index (χ2v) is 6.23. The molecule has 0 saturated heterocycles. The summed E-state index contributed by atoms with van der Waals surface area (Å²) in [5, 5.41) is 0. The van der Waals surface area contributed by atoms with E-state index in [0.29, 0.717) is 5.41 Å². The van der Waals surface area contributed by atoms with Crippen LogP contribution in [0.25, 0.3) is 0 Å². The fourth-order valence-electron chi connectivity index (χ4n) is 1.18. The fraction of sp³-hybridized carbons (Fsp3) is 0.857. The van der Waals surface area contributed by atoms with Gasteiger partial charge in [0.25, 0.3) is 0 Å². The van der Waals surface area contributed by atoms with Gasteiger partial charge in [0.2, 0.25) is 0 Å². The standard InChI is InChI=1S/C14H28O/c1-13(2,3)11-9-7-8-10-12-15-14(4,5)6/h9,11H,7-8,10,12H2,1-6H3/b11-9-. The first-order chi connectivity index (χ1) is 6.71. The molecule has 15 heavy (non-hydrogen) atoms. The lowest BCUT2D eigenvalue weighted by atomic mass is 9.96. The summed E-state index contributed by atoms with van der Waals surface area (Å²) in [5.74, 6) is 0. The van der Waals surface area contributed by atoms with Crippen LogP contribution in [0.1, 0.15) is 60.8 Å². The summed E-state index contributed by atoms with van der Waals surface area (Å²) < 4.78 is 5.65. The van der Waals surface area contributed by atoms with Crippen LogP contribution in [-0.2, 0) is 4.74 Å². The zero-order chi connectivity index (χ0) is 11.9. The summed E-state index contributed by atoms with van der Waals surface area (Å²) in [6.45, 7) is 13.9. The Bertz CT molecular complexity index is 178. The largest absolute Gasteiger partial charge is 0.376 e. The van der Waals surface area contributed by atoms with Crippen LogP contribution in [0.5, 0.6) is 0 Å². The van der Waals surface area contributed by atoms with Crippen LogP contribution in [0.2, 0.25) is 0 Å². The molecule has 1 heteroatoms. The molecular weight excluding hydrogens is 184 g/mol. The third kappa shape index (κ3) is 13.7. The van der Waals surface area contributed by atoms with Crippen molar-refractivity contribution in [3.05, 3.63) is 12.2 Å². The average Bonchev–Trinajstić information content (AvgIpc) is 1.98. The maximum Gasteiger partial charge on any atom is 0.0598 e. The lowest BCUT2D eigenvalue weighted by molar-refractivity contribution is -0.00447. The van der Waals surface area contributed by atoms with Gasteiger partial charge in [0.15, 0.2) is 0 Å². The van der Waals surface area contributed by atoms with E-state index in [-0.39, 0.29) is 5.60 Å². The minimum Gasteiger partial charge on any atom is -0.376 e.